The first-order valence-electron chi connectivity index (χ1n) is 8.70. The minimum atomic E-state index is -5.03. The lowest BCUT2D eigenvalue weighted by Crippen LogP contribution is -2.18. The van der Waals surface area contributed by atoms with Crippen molar-refractivity contribution in [1.29, 1.82) is 0 Å². The van der Waals surface area contributed by atoms with Crippen molar-refractivity contribution in [2.75, 3.05) is 6.61 Å². The number of hydrogen-bond donors (Lipinski definition) is 1. The number of ether oxygens (including phenoxy) is 2. The van der Waals surface area contributed by atoms with Crippen molar-refractivity contribution >= 4 is 16.9 Å². The highest BCUT2D eigenvalue weighted by Crippen LogP contribution is 2.39. The highest BCUT2D eigenvalue weighted by Gasteiger charge is 2.37. The van der Waals surface area contributed by atoms with Gasteiger partial charge in [-0.25, -0.2) is 4.79 Å². The van der Waals surface area contributed by atoms with Gasteiger partial charge in [0.25, 0.3) is 0 Å². The molecule has 0 aliphatic rings. The second kappa shape index (κ2) is 7.97. The van der Waals surface area contributed by atoms with Crippen molar-refractivity contribution < 1.29 is 40.6 Å². The Kier molecular flexibility index (Phi) is 5.70. The van der Waals surface area contributed by atoms with Gasteiger partial charge in [0, 0.05) is 11.7 Å². The highest BCUT2D eigenvalue weighted by atomic mass is 19.4. The molecule has 0 fully saturated rings. The van der Waals surface area contributed by atoms with Gasteiger partial charge in [-0.15, -0.1) is 0 Å². The first-order chi connectivity index (χ1) is 14.4. The van der Waals surface area contributed by atoms with Gasteiger partial charge in [0.05, 0.1) is 23.1 Å². The fourth-order valence-corrected chi connectivity index (χ4v) is 2.74. The molecular weight excluding hydrogens is 432 g/mol. The Balaban J connectivity index is 2.06. The van der Waals surface area contributed by atoms with Crippen molar-refractivity contribution in [3.8, 4) is 11.5 Å². The summed E-state index contributed by atoms with van der Waals surface area (Å²) >= 11 is 0. The summed E-state index contributed by atoms with van der Waals surface area (Å²) in [6, 6.07) is 4.49. The second-order valence-electron chi connectivity index (χ2n) is 6.30. The number of halogens is 6. The van der Waals surface area contributed by atoms with Crippen molar-refractivity contribution in [3.63, 3.8) is 0 Å². The summed E-state index contributed by atoms with van der Waals surface area (Å²) in [5.74, 6) is -1.81. The molecule has 1 aromatic heterocycles. The summed E-state index contributed by atoms with van der Waals surface area (Å²) in [6.45, 7) is 1.57. The van der Waals surface area contributed by atoms with Crippen molar-refractivity contribution in [2.45, 2.75) is 19.3 Å². The normalized spacial score (nSPS) is 12.1. The number of carbonyl (C=O) groups excluding carboxylic acids is 1. The predicted octanol–water partition coefficient (Wildman–Crippen LogP) is 5.53. The SMILES string of the molecule is CCOC(=O)c1c[nH]c2ccc(Oc3cc(C(F)(F)F)cc(C(F)(F)F)c3)cc2c1=O. The minimum absolute atomic E-state index is 0.0242. The van der Waals surface area contributed by atoms with Crippen LogP contribution in [-0.4, -0.2) is 17.6 Å². The Bertz CT molecular complexity index is 1160. The number of carbonyl (C=O) groups is 1. The van der Waals surface area contributed by atoms with Crippen LogP contribution >= 0.6 is 0 Å². The number of esters is 1. The summed E-state index contributed by atoms with van der Waals surface area (Å²) in [5.41, 5.74) is -3.87. The zero-order valence-electron chi connectivity index (χ0n) is 15.6. The quantitative estimate of drug-likeness (QED) is 0.423. The van der Waals surface area contributed by atoms with Crippen LogP contribution in [0.15, 0.2) is 47.4 Å². The van der Waals surface area contributed by atoms with Gasteiger partial charge in [-0.2, -0.15) is 26.3 Å². The molecule has 1 N–H and O–H groups in total. The Labute approximate surface area is 170 Å². The van der Waals surface area contributed by atoms with Crippen molar-refractivity contribution in [3.05, 3.63) is 69.5 Å². The predicted molar refractivity (Wildman–Crippen MR) is 97.0 cm³/mol. The molecule has 0 aliphatic carbocycles. The molecule has 0 unspecified atom stereocenters. The fourth-order valence-electron chi connectivity index (χ4n) is 2.74. The maximum absolute atomic E-state index is 13.0. The molecule has 1 heterocycles. The van der Waals surface area contributed by atoms with E-state index in [9.17, 15) is 35.9 Å². The fraction of sp³-hybridized carbons (Fsp3) is 0.200. The number of alkyl halides is 6. The van der Waals surface area contributed by atoms with E-state index >= 15 is 0 Å². The van der Waals surface area contributed by atoms with Crippen LogP contribution in [0.25, 0.3) is 10.9 Å². The smallest absolute Gasteiger partial charge is 0.416 e. The van der Waals surface area contributed by atoms with E-state index in [1.165, 1.54) is 12.1 Å². The lowest BCUT2D eigenvalue weighted by atomic mass is 10.1. The van der Waals surface area contributed by atoms with Crippen LogP contribution in [-0.2, 0) is 17.1 Å². The van der Waals surface area contributed by atoms with Crippen LogP contribution in [0.3, 0.4) is 0 Å². The van der Waals surface area contributed by atoms with E-state index in [1.807, 2.05) is 0 Å². The third-order valence-corrected chi connectivity index (χ3v) is 4.14. The molecule has 0 amide bonds. The molecule has 0 bridgehead atoms. The average Bonchev–Trinajstić information content (AvgIpc) is 2.67. The van der Waals surface area contributed by atoms with E-state index in [0.717, 1.165) is 12.3 Å². The molecule has 2 aromatic carbocycles. The molecule has 31 heavy (non-hydrogen) atoms. The molecule has 3 rings (SSSR count). The number of aromatic amines is 1. The van der Waals surface area contributed by atoms with Crippen LogP contribution in [0.1, 0.15) is 28.4 Å². The molecule has 0 spiro atoms. The molecule has 0 radical (unpaired) electrons. The molecular formula is C20H13F6NO4. The van der Waals surface area contributed by atoms with E-state index in [0.29, 0.717) is 12.1 Å². The largest absolute Gasteiger partial charge is 0.462 e. The summed E-state index contributed by atoms with van der Waals surface area (Å²) in [7, 11) is 0. The number of rotatable bonds is 4. The second-order valence-corrected chi connectivity index (χ2v) is 6.30. The molecule has 0 aliphatic heterocycles. The van der Waals surface area contributed by atoms with Gasteiger partial charge in [0.1, 0.15) is 17.1 Å². The van der Waals surface area contributed by atoms with Crippen LogP contribution in [0.2, 0.25) is 0 Å². The Morgan fingerprint density at radius 2 is 1.55 bits per heavy atom. The van der Waals surface area contributed by atoms with Crippen molar-refractivity contribution in [2.24, 2.45) is 0 Å². The summed E-state index contributed by atoms with van der Waals surface area (Å²) < 4.78 is 88.0. The molecule has 0 saturated carbocycles. The highest BCUT2D eigenvalue weighted by molar-refractivity contribution is 5.93. The maximum atomic E-state index is 13.0. The maximum Gasteiger partial charge on any atom is 0.416 e. The van der Waals surface area contributed by atoms with Gasteiger partial charge in [-0.05, 0) is 43.3 Å². The zero-order valence-corrected chi connectivity index (χ0v) is 15.6. The van der Waals surface area contributed by atoms with Crippen LogP contribution < -0.4 is 10.2 Å². The van der Waals surface area contributed by atoms with Gasteiger partial charge >= 0.3 is 18.3 Å². The van der Waals surface area contributed by atoms with E-state index < -0.39 is 40.6 Å². The molecule has 11 heteroatoms. The third-order valence-electron chi connectivity index (χ3n) is 4.14. The summed E-state index contributed by atoms with van der Waals surface area (Å²) in [4.78, 5) is 27.1. The first-order valence-corrected chi connectivity index (χ1v) is 8.70. The minimum Gasteiger partial charge on any atom is -0.462 e. The molecule has 0 atom stereocenters. The van der Waals surface area contributed by atoms with Crippen LogP contribution in [0.4, 0.5) is 26.3 Å². The molecule has 164 valence electrons. The monoisotopic (exact) mass is 445 g/mol. The van der Waals surface area contributed by atoms with E-state index in [2.05, 4.69) is 4.98 Å². The summed E-state index contributed by atoms with van der Waals surface area (Å²) in [6.07, 6.45) is -8.92. The van der Waals surface area contributed by atoms with Gasteiger partial charge in [-0.3, -0.25) is 4.79 Å². The lowest BCUT2D eigenvalue weighted by molar-refractivity contribution is -0.143. The third kappa shape index (κ3) is 4.81. The molecule has 0 saturated heterocycles. The van der Waals surface area contributed by atoms with Gasteiger partial charge < -0.3 is 14.5 Å². The van der Waals surface area contributed by atoms with Gasteiger partial charge in [0.15, 0.2) is 0 Å². The van der Waals surface area contributed by atoms with Gasteiger partial charge in [0.2, 0.25) is 5.43 Å². The first kappa shape index (κ1) is 22.2. The van der Waals surface area contributed by atoms with Crippen LogP contribution in [0.5, 0.6) is 11.5 Å². The number of H-pyrrole nitrogens is 1. The standard InChI is InChI=1S/C20H13F6NO4/c1-2-30-18(29)15-9-27-16-4-3-12(8-14(16)17(15)28)31-13-6-10(19(21,22)23)5-11(7-13)20(24,25)26/h3-9H,2H2,1H3,(H,27,28). The van der Waals surface area contributed by atoms with Gasteiger partial charge in [-0.1, -0.05) is 0 Å². The van der Waals surface area contributed by atoms with Crippen molar-refractivity contribution in [1.82, 2.24) is 4.98 Å². The topological polar surface area (TPSA) is 68.4 Å². The number of fused-ring (bicyclic) bond motifs is 1. The molecule has 5 nitrogen and oxygen atoms in total. The lowest BCUT2D eigenvalue weighted by Gasteiger charge is -2.15. The molecule has 3 aromatic rings. The average molecular weight is 445 g/mol. The number of nitrogens with one attached hydrogen (secondary N) is 1. The Morgan fingerprint density at radius 3 is 2.10 bits per heavy atom. The van der Waals surface area contributed by atoms with Crippen LogP contribution in [0, 0.1) is 0 Å². The number of aromatic nitrogens is 1. The summed E-state index contributed by atoms with van der Waals surface area (Å²) in [5, 5.41) is -0.0638. The Hall–Kier alpha value is -3.50. The van der Waals surface area contributed by atoms with E-state index in [4.69, 9.17) is 9.47 Å². The number of hydrogen-bond acceptors (Lipinski definition) is 4. The van der Waals surface area contributed by atoms with E-state index in [1.54, 1.807) is 6.92 Å². The Morgan fingerprint density at radius 1 is 0.935 bits per heavy atom. The van der Waals surface area contributed by atoms with E-state index in [-0.39, 0.29) is 34.9 Å². The number of benzene rings is 2. The zero-order chi connectivity index (χ0) is 23.0. The number of pyridine rings is 1.